The van der Waals surface area contributed by atoms with Crippen LogP contribution in [0.4, 0.5) is 0 Å². The summed E-state index contributed by atoms with van der Waals surface area (Å²) in [6.07, 6.45) is 6.69. The van der Waals surface area contributed by atoms with Crippen molar-refractivity contribution in [2.45, 2.75) is 57.2 Å². The van der Waals surface area contributed by atoms with E-state index in [2.05, 4.69) is 18.4 Å². The Kier molecular flexibility index (Phi) is 2.22. The first-order valence-corrected chi connectivity index (χ1v) is 10.6. The van der Waals surface area contributed by atoms with Crippen LogP contribution in [0.25, 0.3) is 0 Å². The van der Waals surface area contributed by atoms with Crippen LogP contribution in [0.5, 0.6) is 0 Å². The Balaban J connectivity index is 1.53. The van der Waals surface area contributed by atoms with Crippen LogP contribution in [-0.4, -0.2) is 41.4 Å². The van der Waals surface area contributed by atoms with Gasteiger partial charge in [0.15, 0.2) is 0 Å². The molecule has 4 heteroatoms. The van der Waals surface area contributed by atoms with E-state index in [1.165, 1.54) is 24.8 Å². The van der Waals surface area contributed by atoms with Crippen molar-refractivity contribution in [2.75, 3.05) is 13.7 Å². The highest BCUT2D eigenvalue weighted by atomic mass is 16.5. The Morgan fingerprint density at radius 1 is 1.38 bits per heavy atom. The maximum Gasteiger partial charge on any atom is 0.309 e. The number of aliphatic hydroxyl groups is 1. The Hall–Kier alpha value is -0.870. The van der Waals surface area contributed by atoms with Crippen molar-refractivity contribution in [3.05, 3.63) is 12.2 Å². The molecule has 0 aromatic rings. The van der Waals surface area contributed by atoms with Gasteiger partial charge in [-0.3, -0.25) is 9.69 Å². The van der Waals surface area contributed by atoms with Gasteiger partial charge in [0.2, 0.25) is 0 Å². The molecule has 3 heterocycles. The lowest BCUT2D eigenvalue weighted by molar-refractivity contribution is -0.238. The molecule has 8 unspecified atom stereocenters. The van der Waals surface area contributed by atoms with E-state index in [9.17, 15) is 9.90 Å². The van der Waals surface area contributed by atoms with E-state index in [0.29, 0.717) is 29.7 Å². The van der Waals surface area contributed by atoms with Crippen molar-refractivity contribution >= 4 is 5.97 Å². The van der Waals surface area contributed by atoms with Gasteiger partial charge in [-0.1, -0.05) is 25.5 Å². The number of ether oxygens (including phenoxy) is 1. The van der Waals surface area contributed by atoms with E-state index in [0.717, 1.165) is 25.8 Å². The van der Waals surface area contributed by atoms with Crippen LogP contribution >= 0.6 is 0 Å². The lowest BCUT2D eigenvalue weighted by Gasteiger charge is -2.66. The first kappa shape index (κ1) is 15.1. The minimum atomic E-state index is -0.627. The van der Waals surface area contributed by atoms with Gasteiger partial charge in [0.1, 0.15) is 5.72 Å². The summed E-state index contributed by atoms with van der Waals surface area (Å²) in [5, 5.41) is 12.0. The second-order valence-corrected chi connectivity index (χ2v) is 11.2. The molecule has 0 aromatic carbocycles. The van der Waals surface area contributed by atoms with Gasteiger partial charge < -0.3 is 9.84 Å². The molecule has 1 N–H and O–H groups in total. The van der Waals surface area contributed by atoms with Crippen LogP contribution in [0.15, 0.2) is 12.2 Å². The highest BCUT2D eigenvalue weighted by molar-refractivity contribution is 5.75. The van der Waals surface area contributed by atoms with Crippen molar-refractivity contribution in [1.29, 1.82) is 0 Å². The van der Waals surface area contributed by atoms with Crippen LogP contribution < -0.4 is 0 Å². The summed E-state index contributed by atoms with van der Waals surface area (Å²) in [5.74, 6) is 1.68. The average molecular weight is 355 g/mol. The molecule has 9 fully saturated rings. The third-order valence-electron chi connectivity index (χ3n) is 10.7. The van der Waals surface area contributed by atoms with Gasteiger partial charge in [-0.2, -0.15) is 0 Å². The van der Waals surface area contributed by atoms with Gasteiger partial charge in [-0.25, -0.2) is 0 Å². The average Bonchev–Trinajstić information content (AvgIpc) is 2.93. The molecule has 0 aromatic heterocycles. The summed E-state index contributed by atoms with van der Waals surface area (Å²) in [4.78, 5) is 15.6. The van der Waals surface area contributed by atoms with Gasteiger partial charge in [-0.15, -0.1) is 0 Å². The molecule has 9 aliphatic rings. The second kappa shape index (κ2) is 3.82. The number of piperidine rings is 2. The minimum absolute atomic E-state index is 0.00538. The van der Waals surface area contributed by atoms with Crippen LogP contribution in [-0.2, 0) is 9.53 Å². The van der Waals surface area contributed by atoms with E-state index >= 15 is 0 Å². The van der Waals surface area contributed by atoms with E-state index in [4.69, 9.17) is 4.74 Å². The summed E-state index contributed by atoms with van der Waals surface area (Å²) in [5.41, 5.74) is 1.09. The standard InChI is InChI=1S/C22H29NO3/c1-11-8-20-9-22(25)18-19(2)5-4-6-21(18)15(20)14(17(24)26-3)12(11)7-13(20)16(21)23(22)10-19/h12-16,18,25H,1,4-10H2,2-3H3/t12?,13-,14?,15?,16-,18?,19-,20?,21?,22?/m0/s1. The molecular formula is C22H29NO3. The molecule has 0 amide bonds. The van der Waals surface area contributed by atoms with Gasteiger partial charge >= 0.3 is 5.97 Å². The van der Waals surface area contributed by atoms with E-state index in [-0.39, 0.29) is 28.1 Å². The van der Waals surface area contributed by atoms with Crippen LogP contribution in [0.3, 0.4) is 0 Å². The van der Waals surface area contributed by atoms with Crippen molar-refractivity contribution in [2.24, 2.45) is 45.8 Å². The van der Waals surface area contributed by atoms with Crippen LogP contribution in [0.1, 0.15) is 45.4 Å². The van der Waals surface area contributed by atoms with E-state index < -0.39 is 5.72 Å². The lowest BCUT2D eigenvalue weighted by Crippen LogP contribution is -2.67. The van der Waals surface area contributed by atoms with Gasteiger partial charge in [0, 0.05) is 18.5 Å². The molecule has 3 saturated heterocycles. The number of rotatable bonds is 1. The topological polar surface area (TPSA) is 49.8 Å². The van der Waals surface area contributed by atoms with Crippen LogP contribution in [0.2, 0.25) is 0 Å². The molecule has 9 bridgehead atoms. The highest BCUT2D eigenvalue weighted by Crippen LogP contribution is 2.89. The third kappa shape index (κ3) is 1.11. The Morgan fingerprint density at radius 3 is 2.96 bits per heavy atom. The van der Waals surface area contributed by atoms with Crippen molar-refractivity contribution in [1.82, 2.24) is 4.90 Å². The molecule has 6 saturated carbocycles. The Labute approximate surface area is 155 Å². The molecule has 140 valence electrons. The summed E-state index contributed by atoms with van der Waals surface area (Å²) in [6, 6.07) is 0.495. The number of hydrogen-bond donors (Lipinski definition) is 1. The lowest BCUT2D eigenvalue weighted by atomic mass is 9.38. The Morgan fingerprint density at radius 2 is 2.19 bits per heavy atom. The minimum Gasteiger partial charge on any atom is -0.469 e. The number of carbonyl (C=O) groups is 1. The number of fused-ring (bicyclic) bond motifs is 1. The number of methoxy groups -OCH3 is 1. The summed E-state index contributed by atoms with van der Waals surface area (Å²) >= 11 is 0. The second-order valence-electron chi connectivity index (χ2n) is 11.2. The molecule has 26 heavy (non-hydrogen) atoms. The maximum absolute atomic E-state index is 13.0. The predicted molar refractivity (Wildman–Crippen MR) is 94.7 cm³/mol. The predicted octanol–water partition coefficient (Wildman–Crippen LogP) is 2.57. The third-order valence-corrected chi connectivity index (χ3v) is 10.7. The fourth-order valence-electron chi connectivity index (χ4n) is 11.1. The highest BCUT2D eigenvalue weighted by Gasteiger charge is 2.92. The number of esters is 1. The van der Waals surface area contributed by atoms with E-state index in [1.54, 1.807) is 7.11 Å². The van der Waals surface area contributed by atoms with Crippen molar-refractivity contribution in [3.8, 4) is 0 Å². The fourth-order valence-corrected chi connectivity index (χ4v) is 11.1. The normalized spacial score (nSPS) is 68.0. The monoisotopic (exact) mass is 355 g/mol. The number of carbonyl (C=O) groups excluding carboxylic acids is 1. The van der Waals surface area contributed by atoms with Gasteiger partial charge in [-0.05, 0) is 66.1 Å². The van der Waals surface area contributed by atoms with Crippen molar-refractivity contribution < 1.29 is 14.6 Å². The molecule has 11 atom stereocenters. The number of nitrogens with zero attached hydrogens (tertiary/aromatic N) is 1. The zero-order chi connectivity index (χ0) is 17.9. The quantitative estimate of drug-likeness (QED) is 0.580. The van der Waals surface area contributed by atoms with Crippen LogP contribution in [0, 0.1) is 45.8 Å². The molecule has 6 aliphatic carbocycles. The first-order valence-electron chi connectivity index (χ1n) is 10.6. The van der Waals surface area contributed by atoms with E-state index in [1.807, 2.05) is 0 Å². The number of hydrogen-bond acceptors (Lipinski definition) is 4. The summed E-state index contributed by atoms with van der Waals surface area (Å²) < 4.78 is 5.36. The maximum atomic E-state index is 13.0. The molecule has 4 nitrogen and oxygen atoms in total. The molecule has 2 spiro atoms. The van der Waals surface area contributed by atoms with Gasteiger partial charge in [0.05, 0.1) is 13.0 Å². The zero-order valence-electron chi connectivity index (χ0n) is 15.8. The summed E-state index contributed by atoms with van der Waals surface area (Å²) in [7, 11) is 1.55. The Bertz CT molecular complexity index is 794. The number of allylic oxidation sites excluding steroid dienone is 1. The summed E-state index contributed by atoms with van der Waals surface area (Å²) in [6.45, 7) is 7.89. The molecule has 0 radical (unpaired) electrons. The van der Waals surface area contributed by atoms with Gasteiger partial charge in [0.25, 0.3) is 0 Å². The molecule has 9 rings (SSSR count). The fraction of sp³-hybridized carbons (Fsp3) is 0.864. The van der Waals surface area contributed by atoms with Crippen molar-refractivity contribution in [3.63, 3.8) is 0 Å². The molecular weight excluding hydrogens is 326 g/mol. The zero-order valence-corrected chi connectivity index (χ0v) is 15.8. The molecule has 3 aliphatic heterocycles. The first-order chi connectivity index (χ1) is 12.3. The smallest absolute Gasteiger partial charge is 0.309 e. The largest absolute Gasteiger partial charge is 0.469 e. The SMILES string of the molecule is C=C1CC23CC4(O)C5C67CCC[C@@]5(C)CN4[C@H]6[C@@H]2CC1C(C(=O)OC)C37.